The highest BCUT2D eigenvalue weighted by Gasteiger charge is 2.16. The molecule has 0 saturated carbocycles. The lowest BCUT2D eigenvalue weighted by atomic mass is 10.2. The largest absolute Gasteiger partial charge is 0.452 e. The van der Waals surface area contributed by atoms with E-state index in [1.165, 1.54) is 12.1 Å². The summed E-state index contributed by atoms with van der Waals surface area (Å²) >= 11 is 11.4. The number of ether oxygens (including phenoxy) is 1. The lowest BCUT2D eigenvalue weighted by molar-refractivity contribution is -0.384. The molecule has 0 saturated heterocycles. The molecule has 0 aromatic heterocycles. The van der Waals surface area contributed by atoms with E-state index in [1.807, 2.05) is 0 Å². The first kappa shape index (κ1) is 18.6. The molecule has 2 aromatic carbocycles. The Morgan fingerprint density at radius 2 is 1.92 bits per heavy atom. The van der Waals surface area contributed by atoms with E-state index in [4.69, 9.17) is 27.9 Å². The molecule has 0 atom stereocenters. The van der Waals surface area contributed by atoms with E-state index in [-0.39, 0.29) is 27.0 Å². The standard InChI is InChI=1S/C15H9Cl2FN2O5/c16-8-1-3-10(12(18)5-8)15(22)25-7-14(21)19-13-4-2-9(20(23)24)6-11(13)17/h1-6H,7H2,(H,19,21). The minimum atomic E-state index is -1.04. The van der Waals surface area contributed by atoms with Crippen LogP contribution in [0.3, 0.4) is 0 Å². The van der Waals surface area contributed by atoms with Crippen LogP contribution in [0.1, 0.15) is 10.4 Å². The van der Waals surface area contributed by atoms with Crippen LogP contribution in [0.4, 0.5) is 15.8 Å². The number of non-ortho nitro benzene ring substituents is 1. The molecule has 130 valence electrons. The summed E-state index contributed by atoms with van der Waals surface area (Å²) in [7, 11) is 0. The Morgan fingerprint density at radius 3 is 2.52 bits per heavy atom. The Kier molecular flexibility index (Phi) is 5.89. The van der Waals surface area contributed by atoms with E-state index in [2.05, 4.69) is 5.32 Å². The zero-order chi connectivity index (χ0) is 18.6. The number of esters is 1. The van der Waals surface area contributed by atoms with Crippen LogP contribution >= 0.6 is 23.2 Å². The summed E-state index contributed by atoms with van der Waals surface area (Å²) in [4.78, 5) is 33.5. The number of nitrogens with one attached hydrogen (secondary N) is 1. The summed E-state index contributed by atoms with van der Waals surface area (Å²) in [6.07, 6.45) is 0. The van der Waals surface area contributed by atoms with Gasteiger partial charge in [0.05, 0.1) is 21.2 Å². The number of carbonyl (C=O) groups is 2. The molecule has 1 N–H and O–H groups in total. The molecule has 0 fully saturated rings. The fraction of sp³-hybridized carbons (Fsp3) is 0.0667. The summed E-state index contributed by atoms with van der Waals surface area (Å²) in [6, 6.07) is 6.82. The molecule has 10 heteroatoms. The number of halogens is 3. The number of carbonyl (C=O) groups excluding carboxylic acids is 2. The number of amides is 1. The van der Waals surface area contributed by atoms with Gasteiger partial charge < -0.3 is 10.1 Å². The van der Waals surface area contributed by atoms with Crippen LogP contribution < -0.4 is 5.32 Å². The normalized spacial score (nSPS) is 10.2. The van der Waals surface area contributed by atoms with Gasteiger partial charge in [-0.2, -0.15) is 0 Å². The third-order valence-corrected chi connectivity index (χ3v) is 3.47. The second kappa shape index (κ2) is 7.91. The van der Waals surface area contributed by atoms with Crippen molar-refractivity contribution >= 4 is 46.5 Å². The highest BCUT2D eigenvalue weighted by atomic mass is 35.5. The van der Waals surface area contributed by atoms with Crippen LogP contribution in [0, 0.1) is 15.9 Å². The second-order valence-corrected chi connectivity index (χ2v) is 5.51. The van der Waals surface area contributed by atoms with E-state index in [1.54, 1.807) is 0 Å². The van der Waals surface area contributed by atoms with Crippen LogP contribution in [0.5, 0.6) is 0 Å². The van der Waals surface area contributed by atoms with Crippen molar-refractivity contribution in [2.45, 2.75) is 0 Å². The molecular weight excluding hydrogens is 378 g/mol. The highest BCUT2D eigenvalue weighted by Crippen LogP contribution is 2.26. The Labute approximate surface area is 150 Å². The van der Waals surface area contributed by atoms with Crippen LogP contribution in [0.25, 0.3) is 0 Å². The van der Waals surface area contributed by atoms with Gasteiger partial charge in [-0.15, -0.1) is 0 Å². The van der Waals surface area contributed by atoms with Crippen molar-refractivity contribution in [2.24, 2.45) is 0 Å². The third kappa shape index (κ3) is 4.88. The smallest absolute Gasteiger partial charge is 0.341 e. The summed E-state index contributed by atoms with van der Waals surface area (Å²) in [5.41, 5.74) is -0.510. The number of anilines is 1. The minimum Gasteiger partial charge on any atom is -0.452 e. The quantitative estimate of drug-likeness (QED) is 0.478. The van der Waals surface area contributed by atoms with E-state index in [0.717, 1.165) is 24.3 Å². The van der Waals surface area contributed by atoms with Gasteiger partial charge >= 0.3 is 5.97 Å². The van der Waals surface area contributed by atoms with Crippen molar-refractivity contribution in [3.63, 3.8) is 0 Å². The van der Waals surface area contributed by atoms with Gasteiger partial charge in [-0.05, 0) is 24.3 Å². The number of nitro benzene ring substituents is 1. The van der Waals surface area contributed by atoms with Crippen LogP contribution in [0.2, 0.25) is 10.0 Å². The molecule has 25 heavy (non-hydrogen) atoms. The van der Waals surface area contributed by atoms with Crippen LogP contribution in [-0.2, 0) is 9.53 Å². The fourth-order valence-electron chi connectivity index (χ4n) is 1.77. The predicted molar refractivity (Wildman–Crippen MR) is 88.4 cm³/mol. The summed E-state index contributed by atoms with van der Waals surface area (Å²) in [5.74, 6) is -2.67. The average molecular weight is 387 g/mol. The molecule has 0 bridgehead atoms. The van der Waals surface area contributed by atoms with Gasteiger partial charge in [-0.3, -0.25) is 14.9 Å². The van der Waals surface area contributed by atoms with Crippen molar-refractivity contribution in [3.05, 3.63) is 67.9 Å². The van der Waals surface area contributed by atoms with Crippen molar-refractivity contribution in [3.8, 4) is 0 Å². The van der Waals surface area contributed by atoms with Crippen molar-refractivity contribution in [1.29, 1.82) is 0 Å². The van der Waals surface area contributed by atoms with Gasteiger partial charge in [0, 0.05) is 17.2 Å². The van der Waals surface area contributed by atoms with Gasteiger partial charge in [-0.1, -0.05) is 23.2 Å². The number of nitro groups is 1. The number of benzene rings is 2. The number of nitrogens with zero attached hydrogens (tertiary/aromatic N) is 1. The van der Waals surface area contributed by atoms with Gasteiger partial charge in [0.2, 0.25) is 0 Å². The van der Waals surface area contributed by atoms with E-state index < -0.39 is 29.2 Å². The molecule has 2 aromatic rings. The monoisotopic (exact) mass is 386 g/mol. The molecule has 2 rings (SSSR count). The van der Waals surface area contributed by atoms with E-state index in [9.17, 15) is 24.1 Å². The molecule has 0 aliphatic carbocycles. The van der Waals surface area contributed by atoms with Gasteiger partial charge in [0.25, 0.3) is 11.6 Å². The molecule has 0 spiro atoms. The maximum Gasteiger partial charge on any atom is 0.341 e. The molecule has 0 heterocycles. The SMILES string of the molecule is O=C(COC(=O)c1ccc(Cl)cc1F)Nc1ccc([N+](=O)[O-])cc1Cl. The number of hydrogen-bond acceptors (Lipinski definition) is 5. The van der Waals surface area contributed by atoms with E-state index >= 15 is 0 Å². The molecule has 0 radical (unpaired) electrons. The lowest BCUT2D eigenvalue weighted by Gasteiger charge is -2.08. The Hall–Kier alpha value is -2.71. The Morgan fingerprint density at radius 1 is 1.20 bits per heavy atom. The summed E-state index contributed by atoms with van der Waals surface area (Å²) in [5, 5.41) is 13.0. The topological polar surface area (TPSA) is 98.5 Å². The fourth-order valence-corrected chi connectivity index (χ4v) is 2.15. The zero-order valence-corrected chi connectivity index (χ0v) is 13.8. The summed E-state index contributed by atoms with van der Waals surface area (Å²) < 4.78 is 18.3. The maximum atomic E-state index is 13.6. The molecule has 0 aliphatic rings. The van der Waals surface area contributed by atoms with Crippen molar-refractivity contribution in [1.82, 2.24) is 0 Å². The van der Waals surface area contributed by atoms with Crippen LogP contribution in [0.15, 0.2) is 36.4 Å². The third-order valence-electron chi connectivity index (χ3n) is 2.92. The Balaban J connectivity index is 1.96. The molecule has 1 amide bonds. The molecule has 7 nitrogen and oxygen atoms in total. The van der Waals surface area contributed by atoms with Gasteiger partial charge in [-0.25, -0.2) is 9.18 Å². The first-order chi connectivity index (χ1) is 11.8. The van der Waals surface area contributed by atoms with Crippen LogP contribution in [-0.4, -0.2) is 23.4 Å². The van der Waals surface area contributed by atoms with E-state index in [0.29, 0.717) is 0 Å². The highest BCUT2D eigenvalue weighted by molar-refractivity contribution is 6.34. The lowest BCUT2D eigenvalue weighted by Crippen LogP contribution is -2.21. The average Bonchev–Trinajstić information content (AvgIpc) is 2.54. The van der Waals surface area contributed by atoms with Crippen molar-refractivity contribution in [2.75, 3.05) is 11.9 Å². The first-order valence-electron chi connectivity index (χ1n) is 6.64. The minimum absolute atomic E-state index is 0.0578. The molecular formula is C15H9Cl2FN2O5. The zero-order valence-electron chi connectivity index (χ0n) is 12.3. The van der Waals surface area contributed by atoms with Gasteiger partial charge in [0.1, 0.15) is 5.82 Å². The Bertz CT molecular complexity index is 860. The number of rotatable bonds is 5. The molecule has 0 aliphatic heterocycles. The molecule has 0 unspecified atom stereocenters. The second-order valence-electron chi connectivity index (χ2n) is 4.67. The summed E-state index contributed by atoms with van der Waals surface area (Å²) in [6.45, 7) is -0.700. The number of hydrogen-bond donors (Lipinski definition) is 1. The van der Waals surface area contributed by atoms with Gasteiger partial charge in [0.15, 0.2) is 6.61 Å². The maximum absolute atomic E-state index is 13.6. The van der Waals surface area contributed by atoms with Crippen molar-refractivity contribution < 1.29 is 23.6 Å². The predicted octanol–water partition coefficient (Wildman–Crippen LogP) is 3.84. The first-order valence-corrected chi connectivity index (χ1v) is 7.39.